The lowest BCUT2D eigenvalue weighted by atomic mass is 10.0. The van der Waals surface area contributed by atoms with Crippen LogP contribution in [0.3, 0.4) is 0 Å². The predicted molar refractivity (Wildman–Crippen MR) is 82.8 cm³/mol. The Kier molecular flexibility index (Phi) is 5.54. The highest BCUT2D eigenvalue weighted by Crippen LogP contribution is 2.23. The summed E-state index contributed by atoms with van der Waals surface area (Å²) >= 11 is 1.79. The fraction of sp³-hybridized carbons (Fsp3) is 0.733. The molecule has 112 valence electrons. The van der Waals surface area contributed by atoms with Crippen LogP contribution in [0.1, 0.15) is 43.0 Å². The van der Waals surface area contributed by atoms with E-state index in [1.54, 1.807) is 18.4 Å². The van der Waals surface area contributed by atoms with Crippen LogP contribution in [0.25, 0.3) is 0 Å². The van der Waals surface area contributed by atoms with Crippen LogP contribution in [0.2, 0.25) is 0 Å². The maximum Gasteiger partial charge on any atom is 0.237 e. The molecule has 0 spiro atoms. The Labute approximate surface area is 125 Å². The van der Waals surface area contributed by atoms with Gasteiger partial charge in [-0.25, -0.2) is 4.98 Å². The van der Waals surface area contributed by atoms with Crippen molar-refractivity contribution in [3.63, 3.8) is 0 Å². The van der Waals surface area contributed by atoms with Crippen molar-refractivity contribution in [2.75, 3.05) is 13.6 Å². The highest BCUT2D eigenvalue weighted by molar-refractivity contribution is 7.11. The van der Waals surface area contributed by atoms with Crippen LogP contribution in [0.5, 0.6) is 0 Å². The second kappa shape index (κ2) is 7.18. The van der Waals surface area contributed by atoms with Crippen molar-refractivity contribution in [1.29, 1.82) is 0 Å². The smallest absolute Gasteiger partial charge is 0.237 e. The summed E-state index contributed by atoms with van der Waals surface area (Å²) in [4.78, 5) is 20.0. The van der Waals surface area contributed by atoms with Crippen LogP contribution < -0.4 is 5.32 Å². The molecule has 2 heterocycles. The fourth-order valence-corrected chi connectivity index (χ4v) is 3.87. The van der Waals surface area contributed by atoms with Crippen molar-refractivity contribution in [3.8, 4) is 0 Å². The molecule has 0 aliphatic carbocycles. The second-order valence-electron chi connectivity index (χ2n) is 5.91. The van der Waals surface area contributed by atoms with Crippen molar-refractivity contribution < 1.29 is 4.79 Å². The number of carbonyl (C=O) groups excluding carboxylic acids is 1. The minimum absolute atomic E-state index is 0.0319. The van der Waals surface area contributed by atoms with Gasteiger partial charge in [-0.15, -0.1) is 11.3 Å². The van der Waals surface area contributed by atoms with Gasteiger partial charge >= 0.3 is 0 Å². The first-order valence-electron chi connectivity index (χ1n) is 7.49. The van der Waals surface area contributed by atoms with Crippen LogP contribution in [0, 0.1) is 5.92 Å². The van der Waals surface area contributed by atoms with Gasteiger partial charge in [0.05, 0.1) is 11.0 Å². The molecule has 5 heteroatoms. The van der Waals surface area contributed by atoms with E-state index in [1.807, 2.05) is 6.20 Å². The number of hydrogen-bond acceptors (Lipinski definition) is 4. The SMILES string of the molecule is CNC(=O)[C@H]1CCCCN1Cc1cnc(CC(C)C)s1. The molecule has 1 N–H and O–H groups in total. The minimum atomic E-state index is 0.0319. The van der Waals surface area contributed by atoms with Gasteiger partial charge < -0.3 is 5.32 Å². The topological polar surface area (TPSA) is 45.2 Å². The number of carbonyl (C=O) groups is 1. The van der Waals surface area contributed by atoms with Crippen LogP contribution in [-0.4, -0.2) is 35.4 Å². The Balaban J connectivity index is 1.99. The van der Waals surface area contributed by atoms with Gasteiger partial charge in [-0.05, 0) is 25.3 Å². The number of piperidine rings is 1. The zero-order valence-electron chi connectivity index (χ0n) is 12.7. The predicted octanol–water partition coefficient (Wildman–Crippen LogP) is 2.44. The van der Waals surface area contributed by atoms with Crippen LogP contribution in [0.4, 0.5) is 0 Å². The quantitative estimate of drug-likeness (QED) is 0.907. The molecule has 1 aromatic heterocycles. The number of thiazole rings is 1. The normalized spacial score (nSPS) is 20.3. The summed E-state index contributed by atoms with van der Waals surface area (Å²) in [7, 11) is 1.72. The molecule has 2 rings (SSSR count). The Hall–Kier alpha value is -0.940. The van der Waals surface area contributed by atoms with Crippen LogP contribution in [0.15, 0.2) is 6.20 Å². The molecule has 0 unspecified atom stereocenters. The standard InChI is InChI=1S/C15H25N3OS/c1-11(2)8-14-17-9-12(20-14)10-18-7-5-4-6-13(18)15(19)16-3/h9,11,13H,4-8,10H2,1-3H3,(H,16,19)/t13-/m1/s1. The average molecular weight is 295 g/mol. The summed E-state index contributed by atoms with van der Waals surface area (Å²) < 4.78 is 0. The Bertz CT molecular complexity index is 444. The average Bonchev–Trinajstić information content (AvgIpc) is 2.85. The zero-order chi connectivity index (χ0) is 14.5. The molecule has 20 heavy (non-hydrogen) atoms. The van der Waals surface area contributed by atoms with Gasteiger partial charge in [0.15, 0.2) is 0 Å². The molecule has 1 fully saturated rings. The summed E-state index contributed by atoms with van der Waals surface area (Å²) in [5, 5.41) is 4.00. The van der Waals surface area contributed by atoms with Gasteiger partial charge in [-0.1, -0.05) is 20.3 Å². The molecule has 0 saturated carbocycles. The molecule has 1 amide bonds. The van der Waals surface area contributed by atoms with E-state index in [1.165, 1.54) is 16.3 Å². The van der Waals surface area contributed by atoms with Crippen molar-refractivity contribution in [1.82, 2.24) is 15.2 Å². The molecule has 1 atom stereocenters. The van der Waals surface area contributed by atoms with Crippen molar-refractivity contribution in [2.45, 2.75) is 52.1 Å². The number of aromatic nitrogens is 1. The third-order valence-corrected chi connectivity index (χ3v) is 4.71. The Morgan fingerprint density at radius 2 is 2.35 bits per heavy atom. The molecule has 0 aromatic carbocycles. The lowest BCUT2D eigenvalue weighted by Gasteiger charge is -2.33. The second-order valence-corrected chi connectivity index (χ2v) is 7.11. The van der Waals surface area contributed by atoms with Gasteiger partial charge in [-0.2, -0.15) is 0 Å². The van der Waals surface area contributed by atoms with Crippen LogP contribution >= 0.6 is 11.3 Å². The minimum Gasteiger partial charge on any atom is -0.358 e. The monoisotopic (exact) mass is 295 g/mol. The summed E-state index contributed by atoms with van der Waals surface area (Å²) in [6, 6.07) is 0.0319. The maximum absolute atomic E-state index is 12.0. The van der Waals surface area contributed by atoms with Gasteiger partial charge in [0.2, 0.25) is 5.91 Å². The molecule has 1 aromatic rings. The van der Waals surface area contributed by atoms with E-state index in [0.29, 0.717) is 5.92 Å². The van der Waals surface area contributed by atoms with E-state index in [9.17, 15) is 4.79 Å². The van der Waals surface area contributed by atoms with Crippen molar-refractivity contribution >= 4 is 17.2 Å². The molecular weight excluding hydrogens is 270 g/mol. The van der Waals surface area contributed by atoms with Crippen LogP contribution in [-0.2, 0) is 17.8 Å². The first-order chi connectivity index (χ1) is 9.60. The molecule has 0 radical (unpaired) electrons. The largest absolute Gasteiger partial charge is 0.358 e. The van der Waals surface area contributed by atoms with Gasteiger partial charge in [0.25, 0.3) is 0 Å². The molecule has 1 aliphatic heterocycles. The van der Waals surface area contributed by atoms with Gasteiger partial charge in [0.1, 0.15) is 0 Å². The molecule has 1 aliphatic rings. The highest BCUT2D eigenvalue weighted by Gasteiger charge is 2.28. The molecular formula is C15H25N3OS. The van der Waals surface area contributed by atoms with Crippen molar-refractivity contribution in [3.05, 3.63) is 16.1 Å². The number of nitrogens with zero attached hydrogens (tertiary/aromatic N) is 2. The first kappa shape index (κ1) is 15.4. The molecule has 1 saturated heterocycles. The summed E-state index contributed by atoms with van der Waals surface area (Å²) in [6.45, 7) is 6.30. The van der Waals surface area contributed by atoms with Gasteiger partial charge in [-0.3, -0.25) is 9.69 Å². The first-order valence-corrected chi connectivity index (χ1v) is 8.31. The number of rotatable bonds is 5. The Morgan fingerprint density at radius 3 is 3.05 bits per heavy atom. The molecule has 0 bridgehead atoms. The fourth-order valence-electron chi connectivity index (χ4n) is 2.71. The summed E-state index contributed by atoms with van der Waals surface area (Å²) in [5.74, 6) is 0.791. The number of amides is 1. The number of likely N-dealkylation sites (N-methyl/N-ethyl adjacent to an activating group) is 1. The number of hydrogen-bond donors (Lipinski definition) is 1. The van der Waals surface area contributed by atoms with E-state index < -0.39 is 0 Å². The molecule has 4 nitrogen and oxygen atoms in total. The van der Waals surface area contributed by atoms with Crippen molar-refractivity contribution in [2.24, 2.45) is 5.92 Å². The lowest BCUT2D eigenvalue weighted by Crippen LogP contribution is -2.48. The lowest BCUT2D eigenvalue weighted by molar-refractivity contribution is -0.127. The third kappa shape index (κ3) is 4.03. The van der Waals surface area contributed by atoms with E-state index in [-0.39, 0.29) is 11.9 Å². The number of likely N-dealkylation sites (tertiary alicyclic amines) is 1. The summed E-state index contributed by atoms with van der Waals surface area (Å²) in [5.41, 5.74) is 0. The maximum atomic E-state index is 12.0. The zero-order valence-corrected chi connectivity index (χ0v) is 13.5. The third-order valence-electron chi connectivity index (χ3n) is 3.71. The van der Waals surface area contributed by atoms with E-state index in [2.05, 4.69) is 29.0 Å². The number of nitrogens with one attached hydrogen (secondary N) is 1. The van der Waals surface area contributed by atoms with E-state index in [0.717, 1.165) is 32.4 Å². The van der Waals surface area contributed by atoms with Gasteiger partial charge in [0, 0.05) is 31.1 Å². The summed E-state index contributed by atoms with van der Waals surface area (Å²) in [6.07, 6.45) is 6.33. The highest BCUT2D eigenvalue weighted by atomic mass is 32.1. The Morgan fingerprint density at radius 1 is 1.55 bits per heavy atom. The van der Waals surface area contributed by atoms with E-state index >= 15 is 0 Å². The van der Waals surface area contributed by atoms with E-state index in [4.69, 9.17) is 0 Å².